The van der Waals surface area contributed by atoms with Crippen LogP contribution >= 0.6 is 0 Å². The quantitative estimate of drug-likeness (QED) is 0.445. The van der Waals surface area contributed by atoms with Gasteiger partial charge in [-0.1, -0.05) is 72.8 Å². The smallest absolute Gasteiger partial charge is 0.261 e. The van der Waals surface area contributed by atoms with Crippen molar-refractivity contribution in [3.63, 3.8) is 0 Å². The van der Waals surface area contributed by atoms with Gasteiger partial charge in [0.1, 0.15) is 0 Å². The molecule has 0 saturated carbocycles. The highest BCUT2D eigenvalue weighted by atomic mass is 32.2. The van der Waals surface area contributed by atoms with Crippen molar-refractivity contribution in [2.24, 2.45) is 0 Å². The Morgan fingerprint density at radius 2 is 1.42 bits per heavy atom. The second kappa shape index (κ2) is 8.62. The molecule has 2 N–H and O–H groups in total. The molecule has 0 spiro atoms. The van der Waals surface area contributed by atoms with E-state index in [1.165, 1.54) is 0 Å². The molecule has 0 aromatic heterocycles. The van der Waals surface area contributed by atoms with E-state index in [1.54, 1.807) is 42.5 Å². The Morgan fingerprint density at radius 1 is 0.774 bits per heavy atom. The minimum atomic E-state index is -3.87. The summed E-state index contributed by atoms with van der Waals surface area (Å²) in [7, 11) is -3.87. The lowest BCUT2D eigenvalue weighted by Gasteiger charge is -2.17. The summed E-state index contributed by atoms with van der Waals surface area (Å²) in [5.74, 6) is -0.354. The molecule has 0 aliphatic heterocycles. The van der Waals surface area contributed by atoms with E-state index in [0.29, 0.717) is 0 Å². The summed E-state index contributed by atoms with van der Waals surface area (Å²) < 4.78 is 28.6. The predicted molar refractivity (Wildman–Crippen MR) is 124 cm³/mol. The van der Waals surface area contributed by atoms with Gasteiger partial charge in [-0.05, 0) is 47.5 Å². The number of rotatable bonds is 6. The molecule has 1 atom stereocenters. The average Bonchev–Trinajstić information content (AvgIpc) is 2.79. The Hall–Kier alpha value is -3.64. The lowest BCUT2D eigenvalue weighted by molar-refractivity contribution is 0.0941. The summed E-state index contributed by atoms with van der Waals surface area (Å²) in [5, 5.41) is 4.71. The molecule has 4 aromatic rings. The van der Waals surface area contributed by atoms with Crippen LogP contribution in [-0.2, 0) is 10.0 Å². The number of carbonyl (C=O) groups is 1. The van der Waals surface area contributed by atoms with Crippen LogP contribution in [0.1, 0.15) is 28.9 Å². The van der Waals surface area contributed by atoms with Crippen LogP contribution in [0.15, 0.2) is 102 Å². The van der Waals surface area contributed by atoms with Crippen LogP contribution < -0.4 is 10.0 Å². The number of anilines is 1. The van der Waals surface area contributed by atoms with Crippen molar-refractivity contribution in [1.29, 1.82) is 0 Å². The summed E-state index contributed by atoms with van der Waals surface area (Å²) >= 11 is 0. The van der Waals surface area contributed by atoms with Gasteiger partial charge in [0.25, 0.3) is 15.9 Å². The van der Waals surface area contributed by atoms with Gasteiger partial charge in [-0.25, -0.2) is 8.42 Å². The first-order valence-corrected chi connectivity index (χ1v) is 11.4. The lowest BCUT2D eigenvalue weighted by Crippen LogP contribution is -2.28. The number of amides is 1. The second-order valence-electron chi connectivity index (χ2n) is 7.27. The molecule has 0 aliphatic rings. The fourth-order valence-electron chi connectivity index (χ4n) is 3.41. The zero-order valence-corrected chi connectivity index (χ0v) is 17.8. The summed E-state index contributed by atoms with van der Waals surface area (Å²) in [5.41, 5.74) is 1.45. The van der Waals surface area contributed by atoms with Gasteiger partial charge in [0, 0.05) is 0 Å². The molecule has 0 fully saturated rings. The first kappa shape index (κ1) is 20.6. The fraction of sp³-hybridized carbons (Fsp3) is 0.0800. The number of nitrogens with one attached hydrogen (secondary N) is 2. The molecular formula is C25H22N2O3S. The van der Waals surface area contributed by atoms with E-state index >= 15 is 0 Å². The molecule has 0 saturated heterocycles. The standard InChI is InChI=1S/C25H22N2O3S/c1-18(19-9-3-2-4-10-19)26-25(28)23-13-7-8-14-24(23)27-31(29,30)22-16-15-20-11-5-6-12-21(20)17-22/h2-18,27H,1H3,(H,26,28)/t18-/m1/s1. The van der Waals surface area contributed by atoms with E-state index in [4.69, 9.17) is 0 Å². The van der Waals surface area contributed by atoms with E-state index in [-0.39, 0.29) is 28.1 Å². The van der Waals surface area contributed by atoms with Crippen LogP contribution in [-0.4, -0.2) is 14.3 Å². The molecule has 1 amide bonds. The number of hydrogen-bond acceptors (Lipinski definition) is 3. The van der Waals surface area contributed by atoms with Gasteiger partial charge in [-0.3, -0.25) is 9.52 Å². The van der Waals surface area contributed by atoms with Crippen molar-refractivity contribution in [3.05, 3.63) is 108 Å². The Bertz CT molecular complexity index is 1340. The summed E-state index contributed by atoms with van der Waals surface area (Å²) in [6.45, 7) is 1.88. The van der Waals surface area contributed by atoms with Gasteiger partial charge in [-0.2, -0.15) is 0 Å². The maximum absolute atomic E-state index is 13.0. The van der Waals surface area contributed by atoms with Crippen LogP contribution in [0, 0.1) is 0 Å². The van der Waals surface area contributed by atoms with Gasteiger partial charge < -0.3 is 5.32 Å². The highest BCUT2D eigenvalue weighted by Gasteiger charge is 2.20. The first-order chi connectivity index (χ1) is 14.9. The van der Waals surface area contributed by atoms with Crippen molar-refractivity contribution >= 4 is 32.4 Å². The van der Waals surface area contributed by atoms with Gasteiger partial charge in [0.15, 0.2) is 0 Å². The van der Waals surface area contributed by atoms with E-state index in [0.717, 1.165) is 16.3 Å². The fourth-order valence-corrected chi connectivity index (χ4v) is 4.52. The Morgan fingerprint density at radius 3 is 2.19 bits per heavy atom. The van der Waals surface area contributed by atoms with Crippen LogP contribution in [0.4, 0.5) is 5.69 Å². The van der Waals surface area contributed by atoms with Crippen molar-refractivity contribution in [3.8, 4) is 0 Å². The second-order valence-corrected chi connectivity index (χ2v) is 8.95. The Labute approximate surface area is 181 Å². The molecule has 31 heavy (non-hydrogen) atoms. The largest absolute Gasteiger partial charge is 0.345 e. The molecule has 4 rings (SSSR count). The zero-order valence-electron chi connectivity index (χ0n) is 16.9. The Balaban J connectivity index is 1.59. The maximum atomic E-state index is 13.0. The molecule has 4 aromatic carbocycles. The predicted octanol–water partition coefficient (Wildman–Crippen LogP) is 5.13. The molecule has 0 aliphatic carbocycles. The normalized spacial score (nSPS) is 12.3. The molecule has 0 radical (unpaired) electrons. The van der Waals surface area contributed by atoms with Crippen LogP contribution in [0.5, 0.6) is 0 Å². The van der Waals surface area contributed by atoms with E-state index in [2.05, 4.69) is 10.0 Å². The number of carbonyl (C=O) groups excluding carboxylic acids is 1. The third-order valence-corrected chi connectivity index (χ3v) is 6.46. The first-order valence-electron chi connectivity index (χ1n) is 9.90. The Kier molecular flexibility index (Phi) is 5.73. The highest BCUT2D eigenvalue weighted by molar-refractivity contribution is 7.92. The monoisotopic (exact) mass is 430 g/mol. The van der Waals surface area contributed by atoms with Crippen molar-refractivity contribution in [2.75, 3.05) is 4.72 Å². The van der Waals surface area contributed by atoms with Crippen LogP contribution in [0.3, 0.4) is 0 Å². The van der Waals surface area contributed by atoms with Crippen LogP contribution in [0.2, 0.25) is 0 Å². The highest BCUT2D eigenvalue weighted by Crippen LogP contribution is 2.24. The average molecular weight is 431 g/mol. The summed E-state index contributed by atoms with van der Waals surface area (Å²) in [6, 6.07) is 28.4. The molecule has 0 bridgehead atoms. The molecule has 156 valence electrons. The molecule has 0 heterocycles. The van der Waals surface area contributed by atoms with Gasteiger partial charge in [0.2, 0.25) is 0 Å². The topological polar surface area (TPSA) is 75.3 Å². The third-order valence-electron chi connectivity index (χ3n) is 5.09. The lowest BCUT2D eigenvalue weighted by atomic mass is 10.1. The molecule has 0 unspecified atom stereocenters. The number of sulfonamides is 1. The zero-order chi connectivity index (χ0) is 21.8. The summed E-state index contributed by atoms with van der Waals surface area (Å²) in [4.78, 5) is 13.0. The molecule has 5 nitrogen and oxygen atoms in total. The number of benzene rings is 4. The van der Waals surface area contributed by atoms with Crippen molar-refractivity contribution < 1.29 is 13.2 Å². The summed E-state index contributed by atoms with van der Waals surface area (Å²) in [6.07, 6.45) is 0. The number of fused-ring (bicyclic) bond motifs is 1. The van der Waals surface area contributed by atoms with E-state index in [9.17, 15) is 13.2 Å². The number of para-hydroxylation sites is 1. The van der Waals surface area contributed by atoms with Gasteiger partial charge in [0.05, 0.1) is 22.2 Å². The minimum Gasteiger partial charge on any atom is -0.345 e. The molecule has 6 heteroatoms. The van der Waals surface area contributed by atoms with Gasteiger partial charge in [-0.15, -0.1) is 0 Å². The number of hydrogen-bond donors (Lipinski definition) is 2. The van der Waals surface area contributed by atoms with Crippen LogP contribution in [0.25, 0.3) is 10.8 Å². The van der Waals surface area contributed by atoms with E-state index in [1.807, 2.05) is 61.5 Å². The SMILES string of the molecule is C[C@@H](NC(=O)c1ccccc1NS(=O)(=O)c1ccc2ccccc2c1)c1ccccc1. The van der Waals surface area contributed by atoms with Crippen molar-refractivity contribution in [2.45, 2.75) is 17.9 Å². The minimum absolute atomic E-state index is 0.138. The van der Waals surface area contributed by atoms with Gasteiger partial charge >= 0.3 is 0 Å². The molecular weight excluding hydrogens is 408 g/mol. The third kappa shape index (κ3) is 4.59. The van der Waals surface area contributed by atoms with Crippen molar-refractivity contribution in [1.82, 2.24) is 5.32 Å². The maximum Gasteiger partial charge on any atom is 0.261 e. The van der Waals surface area contributed by atoms with E-state index < -0.39 is 10.0 Å².